The van der Waals surface area contributed by atoms with Crippen LogP contribution in [0.5, 0.6) is 0 Å². The van der Waals surface area contributed by atoms with Crippen molar-refractivity contribution in [2.24, 2.45) is 0 Å². The molecule has 1 aliphatic heterocycles. The van der Waals surface area contributed by atoms with E-state index in [1.807, 2.05) is 0 Å². The van der Waals surface area contributed by atoms with Gasteiger partial charge in [0.1, 0.15) is 6.61 Å². The van der Waals surface area contributed by atoms with Gasteiger partial charge in [-0.05, 0) is 19.8 Å². The molecule has 0 bridgehead atoms. The monoisotopic (exact) mass is 300 g/mol. The molecule has 0 aliphatic carbocycles. The van der Waals surface area contributed by atoms with Crippen molar-refractivity contribution in [2.45, 2.75) is 96.4 Å². The van der Waals surface area contributed by atoms with Crippen LogP contribution in [-0.2, 0) is 14.3 Å². The summed E-state index contributed by atoms with van der Waals surface area (Å²) in [6, 6.07) is 0. The van der Waals surface area contributed by atoms with Gasteiger partial charge in [-0.1, -0.05) is 51.9 Å². The molecule has 4 heteroatoms. The molecule has 1 N–H and O–H groups in total. The zero-order valence-electron chi connectivity index (χ0n) is 13.7. The Morgan fingerprint density at radius 2 is 1.71 bits per heavy atom. The van der Waals surface area contributed by atoms with Gasteiger partial charge in [-0.2, -0.15) is 0 Å². The second kappa shape index (κ2) is 11.0. The maximum absolute atomic E-state index is 11.4. The zero-order chi connectivity index (χ0) is 15.5. The molecular weight excluding hydrogens is 268 g/mol. The van der Waals surface area contributed by atoms with Crippen molar-refractivity contribution < 1.29 is 19.4 Å². The first-order valence-electron chi connectivity index (χ1n) is 8.62. The number of epoxide rings is 1. The number of unbranched alkanes of at least 4 members (excludes halogenated alkanes) is 6. The number of aliphatic hydroxyl groups is 1. The van der Waals surface area contributed by atoms with Gasteiger partial charge in [0.05, 0.1) is 18.3 Å². The third kappa shape index (κ3) is 9.86. The Kier molecular flexibility index (Phi) is 9.68. The third-order valence-electron chi connectivity index (χ3n) is 3.90. The van der Waals surface area contributed by atoms with Crippen LogP contribution < -0.4 is 0 Å². The quantitative estimate of drug-likeness (QED) is 0.321. The molecule has 0 aromatic rings. The number of carbonyl (C=O) groups is 1. The molecule has 0 spiro atoms. The molecule has 0 aromatic heterocycles. The van der Waals surface area contributed by atoms with E-state index in [0.29, 0.717) is 12.5 Å². The van der Waals surface area contributed by atoms with Crippen LogP contribution in [0.3, 0.4) is 0 Å². The van der Waals surface area contributed by atoms with Crippen LogP contribution in [-0.4, -0.2) is 36.0 Å². The van der Waals surface area contributed by atoms with Crippen molar-refractivity contribution >= 4 is 5.97 Å². The van der Waals surface area contributed by atoms with Gasteiger partial charge in [-0.25, -0.2) is 0 Å². The lowest BCUT2D eigenvalue weighted by atomic mass is 10.1. The smallest absolute Gasteiger partial charge is 0.305 e. The van der Waals surface area contributed by atoms with Gasteiger partial charge >= 0.3 is 5.97 Å². The summed E-state index contributed by atoms with van der Waals surface area (Å²) in [5.41, 5.74) is 0. The molecule has 124 valence electrons. The average molecular weight is 300 g/mol. The summed E-state index contributed by atoms with van der Waals surface area (Å²) in [5.74, 6) is -0.235. The summed E-state index contributed by atoms with van der Waals surface area (Å²) in [6.07, 6.45) is 11.6. The average Bonchev–Trinajstić information content (AvgIpc) is 3.20. The maximum atomic E-state index is 11.4. The molecule has 21 heavy (non-hydrogen) atoms. The molecule has 4 nitrogen and oxygen atoms in total. The van der Waals surface area contributed by atoms with E-state index < -0.39 is 6.10 Å². The molecule has 1 heterocycles. The Morgan fingerprint density at radius 1 is 1.10 bits per heavy atom. The highest BCUT2D eigenvalue weighted by atomic mass is 16.6. The van der Waals surface area contributed by atoms with Gasteiger partial charge in [0.15, 0.2) is 0 Å². The van der Waals surface area contributed by atoms with Crippen LogP contribution in [0.25, 0.3) is 0 Å². The van der Waals surface area contributed by atoms with Crippen LogP contribution >= 0.6 is 0 Å². The lowest BCUT2D eigenvalue weighted by Gasteiger charge is -2.05. The highest BCUT2D eigenvalue weighted by molar-refractivity contribution is 5.69. The zero-order valence-corrected chi connectivity index (χ0v) is 13.7. The number of rotatable bonds is 13. The summed E-state index contributed by atoms with van der Waals surface area (Å²) >= 11 is 0. The van der Waals surface area contributed by atoms with E-state index in [2.05, 4.69) is 6.92 Å². The Bertz CT molecular complexity index is 278. The molecule has 3 unspecified atom stereocenters. The third-order valence-corrected chi connectivity index (χ3v) is 3.90. The molecule has 1 saturated heterocycles. The lowest BCUT2D eigenvalue weighted by molar-refractivity contribution is -0.146. The normalized spacial score (nSPS) is 22.0. The van der Waals surface area contributed by atoms with Crippen LogP contribution in [0.15, 0.2) is 0 Å². The van der Waals surface area contributed by atoms with Gasteiger partial charge < -0.3 is 14.6 Å². The number of ether oxygens (including phenoxy) is 2. The fourth-order valence-electron chi connectivity index (χ4n) is 2.54. The van der Waals surface area contributed by atoms with Crippen LogP contribution in [0.4, 0.5) is 0 Å². The minimum atomic E-state index is -0.587. The summed E-state index contributed by atoms with van der Waals surface area (Å²) < 4.78 is 10.5. The van der Waals surface area contributed by atoms with Crippen molar-refractivity contribution in [3.05, 3.63) is 0 Å². The van der Waals surface area contributed by atoms with Crippen molar-refractivity contribution in [2.75, 3.05) is 6.61 Å². The number of esters is 1. The first-order chi connectivity index (χ1) is 10.1. The largest absolute Gasteiger partial charge is 0.463 e. The minimum absolute atomic E-state index is 0.0891. The van der Waals surface area contributed by atoms with E-state index in [0.717, 1.165) is 12.8 Å². The van der Waals surface area contributed by atoms with Crippen molar-refractivity contribution in [3.8, 4) is 0 Å². The SMILES string of the molecule is CCCCCCCCCC1OC1CCC(=O)OCC(C)O. The second-order valence-corrected chi connectivity index (χ2v) is 6.19. The Balaban J connectivity index is 1.87. The van der Waals surface area contributed by atoms with Gasteiger partial charge in [0.25, 0.3) is 0 Å². The summed E-state index contributed by atoms with van der Waals surface area (Å²) in [6.45, 7) is 3.94. The van der Waals surface area contributed by atoms with Crippen molar-refractivity contribution in [3.63, 3.8) is 0 Å². The van der Waals surface area contributed by atoms with E-state index in [9.17, 15) is 4.79 Å². The molecule has 1 fully saturated rings. The van der Waals surface area contributed by atoms with Crippen molar-refractivity contribution in [1.82, 2.24) is 0 Å². The predicted octanol–water partition coefficient (Wildman–Crippen LogP) is 3.60. The first-order valence-corrected chi connectivity index (χ1v) is 8.62. The van der Waals surface area contributed by atoms with Crippen LogP contribution in [0, 0.1) is 0 Å². The van der Waals surface area contributed by atoms with Crippen molar-refractivity contribution in [1.29, 1.82) is 0 Å². The Morgan fingerprint density at radius 3 is 2.38 bits per heavy atom. The van der Waals surface area contributed by atoms with E-state index in [4.69, 9.17) is 14.6 Å². The van der Waals surface area contributed by atoms with E-state index in [1.54, 1.807) is 6.92 Å². The van der Waals surface area contributed by atoms with Gasteiger partial charge in [-0.3, -0.25) is 4.79 Å². The van der Waals surface area contributed by atoms with Gasteiger partial charge in [0.2, 0.25) is 0 Å². The fourth-order valence-corrected chi connectivity index (χ4v) is 2.54. The van der Waals surface area contributed by atoms with E-state index in [-0.39, 0.29) is 18.7 Å². The first kappa shape index (κ1) is 18.4. The van der Waals surface area contributed by atoms with Gasteiger partial charge in [-0.15, -0.1) is 0 Å². The van der Waals surface area contributed by atoms with Crippen LogP contribution in [0.2, 0.25) is 0 Å². The second-order valence-electron chi connectivity index (χ2n) is 6.19. The standard InChI is InChI=1S/C17H32O4/c1-3-4-5-6-7-8-9-10-15-16(21-15)11-12-17(19)20-13-14(2)18/h14-16,18H,3-13H2,1-2H3. The summed E-state index contributed by atoms with van der Waals surface area (Å²) in [7, 11) is 0. The highest BCUT2D eigenvalue weighted by Gasteiger charge is 2.37. The van der Waals surface area contributed by atoms with Crippen LogP contribution in [0.1, 0.15) is 78.1 Å². The Labute approximate surface area is 129 Å². The molecule has 3 atom stereocenters. The van der Waals surface area contributed by atoms with E-state index in [1.165, 1.54) is 44.9 Å². The molecule has 0 aromatic carbocycles. The summed E-state index contributed by atoms with van der Waals surface area (Å²) in [4.78, 5) is 11.4. The molecule has 0 radical (unpaired) electrons. The number of hydrogen-bond acceptors (Lipinski definition) is 4. The predicted molar refractivity (Wildman–Crippen MR) is 83.1 cm³/mol. The highest BCUT2D eigenvalue weighted by Crippen LogP contribution is 2.31. The minimum Gasteiger partial charge on any atom is -0.463 e. The van der Waals surface area contributed by atoms with E-state index >= 15 is 0 Å². The molecular formula is C17H32O4. The lowest BCUT2D eigenvalue weighted by Crippen LogP contribution is -2.15. The topological polar surface area (TPSA) is 59.1 Å². The molecule has 0 amide bonds. The Hall–Kier alpha value is -0.610. The number of carbonyl (C=O) groups excluding carboxylic acids is 1. The number of aliphatic hydroxyl groups excluding tert-OH is 1. The maximum Gasteiger partial charge on any atom is 0.305 e. The molecule has 0 saturated carbocycles. The summed E-state index contributed by atoms with van der Waals surface area (Å²) in [5, 5.41) is 9.02. The van der Waals surface area contributed by atoms with Gasteiger partial charge in [0, 0.05) is 6.42 Å². The fraction of sp³-hybridized carbons (Fsp3) is 0.941. The molecule has 1 aliphatic rings. The number of hydrogen-bond donors (Lipinski definition) is 1. The molecule has 1 rings (SSSR count).